The summed E-state index contributed by atoms with van der Waals surface area (Å²) in [7, 11) is 0. The van der Waals surface area contributed by atoms with Crippen LogP contribution in [0.1, 0.15) is 6.92 Å². The van der Waals surface area contributed by atoms with Gasteiger partial charge in [0.15, 0.2) is 0 Å². The molecule has 0 spiro atoms. The number of carbonyl (C=O) groups excluding carboxylic acids is 1. The molecule has 7 heteroatoms. The van der Waals surface area contributed by atoms with Gasteiger partial charge in [-0.2, -0.15) is 0 Å². The number of rotatable bonds is 4. The molecule has 2 rings (SSSR count). The molecule has 0 aliphatic rings. The number of benzene rings is 1. The SMILES string of the molecule is CC(Sc1ccc(N)cn1)C(=O)Nc1cc(Cl)cc(Cl)c1. The van der Waals surface area contributed by atoms with E-state index in [-0.39, 0.29) is 11.2 Å². The molecule has 110 valence electrons. The van der Waals surface area contributed by atoms with Crippen molar-refractivity contribution in [2.45, 2.75) is 17.2 Å². The average Bonchev–Trinajstić information content (AvgIpc) is 2.40. The molecule has 2 aromatic rings. The Morgan fingerprint density at radius 2 is 1.95 bits per heavy atom. The number of nitrogens with one attached hydrogen (secondary N) is 1. The molecule has 0 aliphatic carbocycles. The molecule has 1 heterocycles. The number of thioether (sulfide) groups is 1. The van der Waals surface area contributed by atoms with Crippen molar-refractivity contribution < 1.29 is 4.79 Å². The number of nitrogens with two attached hydrogens (primary N) is 1. The van der Waals surface area contributed by atoms with Gasteiger partial charge >= 0.3 is 0 Å². The summed E-state index contributed by atoms with van der Waals surface area (Å²) in [6.07, 6.45) is 1.56. The van der Waals surface area contributed by atoms with Gasteiger partial charge in [-0.15, -0.1) is 0 Å². The molecular formula is C14H13Cl2N3OS. The highest BCUT2D eigenvalue weighted by Crippen LogP contribution is 2.25. The van der Waals surface area contributed by atoms with E-state index in [1.54, 1.807) is 43.5 Å². The highest BCUT2D eigenvalue weighted by molar-refractivity contribution is 8.00. The summed E-state index contributed by atoms with van der Waals surface area (Å²) in [4.78, 5) is 16.3. The second-order valence-electron chi connectivity index (χ2n) is 4.34. The summed E-state index contributed by atoms with van der Waals surface area (Å²) in [6, 6.07) is 8.42. The van der Waals surface area contributed by atoms with E-state index >= 15 is 0 Å². The number of halogens is 2. The van der Waals surface area contributed by atoms with Gasteiger partial charge in [0.2, 0.25) is 5.91 Å². The fourth-order valence-corrected chi connectivity index (χ4v) is 2.88. The first kappa shape index (κ1) is 15.9. The maximum absolute atomic E-state index is 12.1. The molecule has 1 aromatic carbocycles. The normalized spacial score (nSPS) is 12.0. The summed E-state index contributed by atoms with van der Waals surface area (Å²) in [6.45, 7) is 1.80. The highest BCUT2D eigenvalue weighted by Gasteiger charge is 2.15. The maximum atomic E-state index is 12.1. The number of pyridine rings is 1. The zero-order chi connectivity index (χ0) is 15.4. The van der Waals surface area contributed by atoms with Gasteiger partial charge in [0, 0.05) is 15.7 Å². The zero-order valence-corrected chi connectivity index (χ0v) is 13.5. The number of carbonyl (C=O) groups is 1. The number of anilines is 2. The van der Waals surface area contributed by atoms with E-state index in [0.29, 0.717) is 21.4 Å². The van der Waals surface area contributed by atoms with Gasteiger partial charge in [-0.1, -0.05) is 35.0 Å². The second-order valence-corrected chi connectivity index (χ2v) is 6.57. The van der Waals surface area contributed by atoms with Crippen molar-refractivity contribution in [3.8, 4) is 0 Å². The van der Waals surface area contributed by atoms with Gasteiger partial charge in [-0.05, 0) is 37.3 Å². The topological polar surface area (TPSA) is 68.0 Å². The smallest absolute Gasteiger partial charge is 0.237 e. The Bertz CT molecular complexity index is 629. The molecule has 1 amide bonds. The van der Waals surface area contributed by atoms with Gasteiger partial charge in [0.05, 0.1) is 22.2 Å². The first-order valence-corrected chi connectivity index (χ1v) is 7.73. The summed E-state index contributed by atoms with van der Waals surface area (Å²) in [5.41, 5.74) is 6.72. The Kier molecular flexibility index (Phi) is 5.33. The van der Waals surface area contributed by atoms with Crippen LogP contribution in [0.3, 0.4) is 0 Å². The maximum Gasteiger partial charge on any atom is 0.237 e. The van der Waals surface area contributed by atoms with Gasteiger partial charge in [-0.25, -0.2) is 4.98 Å². The molecule has 1 aromatic heterocycles. The molecule has 0 radical (unpaired) electrons. The number of amides is 1. The standard InChI is InChI=1S/C14H13Cl2N3OS/c1-8(21-13-3-2-11(17)7-18-13)14(20)19-12-5-9(15)4-10(16)6-12/h2-8H,17H2,1H3,(H,19,20). The first-order valence-electron chi connectivity index (χ1n) is 6.09. The minimum absolute atomic E-state index is 0.156. The van der Waals surface area contributed by atoms with Crippen LogP contribution < -0.4 is 11.1 Å². The number of aromatic nitrogens is 1. The first-order chi connectivity index (χ1) is 9.94. The van der Waals surface area contributed by atoms with E-state index in [4.69, 9.17) is 28.9 Å². The van der Waals surface area contributed by atoms with Crippen molar-refractivity contribution in [2.75, 3.05) is 11.1 Å². The number of nitrogens with zero attached hydrogens (tertiary/aromatic N) is 1. The van der Waals surface area contributed by atoms with Crippen LogP contribution >= 0.6 is 35.0 Å². The summed E-state index contributed by atoms with van der Waals surface area (Å²) in [5.74, 6) is -0.156. The van der Waals surface area contributed by atoms with Crippen molar-refractivity contribution >= 4 is 52.2 Å². The Balaban J connectivity index is 2.00. The van der Waals surface area contributed by atoms with Crippen molar-refractivity contribution in [3.05, 3.63) is 46.6 Å². The average molecular weight is 342 g/mol. The predicted molar refractivity (Wildman–Crippen MR) is 89.1 cm³/mol. The molecule has 0 fully saturated rings. The zero-order valence-electron chi connectivity index (χ0n) is 11.1. The Hall–Kier alpha value is -1.43. The van der Waals surface area contributed by atoms with Crippen LogP contribution in [0.2, 0.25) is 10.0 Å². The van der Waals surface area contributed by atoms with E-state index < -0.39 is 0 Å². The van der Waals surface area contributed by atoms with E-state index in [1.807, 2.05) is 0 Å². The fraction of sp³-hybridized carbons (Fsp3) is 0.143. The highest BCUT2D eigenvalue weighted by atomic mass is 35.5. The van der Waals surface area contributed by atoms with Crippen LogP contribution in [0.25, 0.3) is 0 Å². The number of nitrogen functional groups attached to an aromatic ring is 1. The molecular weight excluding hydrogens is 329 g/mol. The molecule has 0 saturated heterocycles. The van der Waals surface area contributed by atoms with Crippen molar-refractivity contribution in [3.63, 3.8) is 0 Å². The largest absolute Gasteiger partial charge is 0.397 e. The second kappa shape index (κ2) is 7.02. The van der Waals surface area contributed by atoms with Crippen LogP contribution in [0.5, 0.6) is 0 Å². The monoisotopic (exact) mass is 341 g/mol. The third-order valence-electron chi connectivity index (χ3n) is 2.56. The fourth-order valence-electron chi connectivity index (χ4n) is 1.57. The Morgan fingerprint density at radius 1 is 1.29 bits per heavy atom. The molecule has 0 aliphatic heterocycles. The van der Waals surface area contributed by atoms with Crippen LogP contribution in [0.4, 0.5) is 11.4 Å². The lowest BCUT2D eigenvalue weighted by atomic mass is 10.3. The van der Waals surface area contributed by atoms with Crippen molar-refractivity contribution in [2.24, 2.45) is 0 Å². The van der Waals surface area contributed by atoms with E-state index in [0.717, 1.165) is 5.03 Å². The van der Waals surface area contributed by atoms with Crippen molar-refractivity contribution in [1.29, 1.82) is 0 Å². The van der Waals surface area contributed by atoms with Crippen LogP contribution in [0, 0.1) is 0 Å². The Labute approximate surface area is 137 Å². The molecule has 3 N–H and O–H groups in total. The van der Waals surface area contributed by atoms with Crippen molar-refractivity contribution in [1.82, 2.24) is 4.98 Å². The molecule has 1 unspecified atom stereocenters. The van der Waals surface area contributed by atoms with Gasteiger partial charge in [0.25, 0.3) is 0 Å². The van der Waals surface area contributed by atoms with Crippen LogP contribution in [-0.4, -0.2) is 16.1 Å². The van der Waals surface area contributed by atoms with E-state index in [1.165, 1.54) is 11.8 Å². The summed E-state index contributed by atoms with van der Waals surface area (Å²) < 4.78 is 0. The van der Waals surface area contributed by atoms with Gasteiger partial charge in [0.1, 0.15) is 0 Å². The van der Waals surface area contributed by atoms with E-state index in [2.05, 4.69) is 10.3 Å². The summed E-state index contributed by atoms with van der Waals surface area (Å²) in [5, 5.41) is 4.13. The molecule has 1 atom stereocenters. The lowest BCUT2D eigenvalue weighted by molar-refractivity contribution is -0.115. The van der Waals surface area contributed by atoms with Gasteiger partial charge in [-0.3, -0.25) is 4.79 Å². The third-order valence-corrected chi connectivity index (χ3v) is 4.04. The van der Waals surface area contributed by atoms with E-state index in [9.17, 15) is 4.79 Å². The lowest BCUT2D eigenvalue weighted by Crippen LogP contribution is -2.22. The minimum atomic E-state index is -0.320. The number of hydrogen-bond acceptors (Lipinski definition) is 4. The third kappa shape index (κ3) is 4.81. The van der Waals surface area contributed by atoms with Crippen LogP contribution in [-0.2, 0) is 4.79 Å². The Morgan fingerprint density at radius 3 is 2.52 bits per heavy atom. The van der Waals surface area contributed by atoms with Crippen LogP contribution in [0.15, 0.2) is 41.6 Å². The predicted octanol–water partition coefficient (Wildman–Crippen LogP) is 4.09. The minimum Gasteiger partial charge on any atom is -0.397 e. The summed E-state index contributed by atoms with van der Waals surface area (Å²) >= 11 is 13.1. The lowest BCUT2D eigenvalue weighted by Gasteiger charge is -2.12. The number of hydrogen-bond donors (Lipinski definition) is 2. The quantitative estimate of drug-likeness (QED) is 0.821. The molecule has 0 saturated carbocycles. The molecule has 0 bridgehead atoms. The van der Waals surface area contributed by atoms with Gasteiger partial charge < -0.3 is 11.1 Å². The molecule has 4 nitrogen and oxygen atoms in total. The molecule has 21 heavy (non-hydrogen) atoms.